The molecule has 1 fully saturated rings. The van der Waals surface area contributed by atoms with Gasteiger partial charge in [0.15, 0.2) is 7.28 Å². The minimum absolute atomic E-state index is 0.242. The molecular formula is C14H15BN3O3. The van der Waals surface area contributed by atoms with Gasteiger partial charge in [-0.1, -0.05) is 24.4 Å². The van der Waals surface area contributed by atoms with Crippen LogP contribution in [0.25, 0.3) is 11.0 Å². The zero-order valence-corrected chi connectivity index (χ0v) is 11.9. The van der Waals surface area contributed by atoms with Gasteiger partial charge in [-0.05, 0) is 12.5 Å². The fourth-order valence-corrected chi connectivity index (χ4v) is 2.93. The molecule has 0 saturated carbocycles. The molecule has 1 atom stereocenters. The van der Waals surface area contributed by atoms with E-state index in [1.54, 1.807) is 11.6 Å². The Bertz CT molecular complexity index is 806. The average Bonchev–Trinajstić information content (AvgIpc) is 2.72. The second kappa shape index (κ2) is 4.91. The summed E-state index contributed by atoms with van der Waals surface area (Å²) in [7, 11) is 3.62. The number of rotatable bonds is 2. The first-order chi connectivity index (χ1) is 10.0. The summed E-state index contributed by atoms with van der Waals surface area (Å²) in [6.07, 6.45) is 0.600. The lowest BCUT2D eigenvalue weighted by Crippen LogP contribution is -2.44. The van der Waals surface area contributed by atoms with Crippen LogP contribution in [-0.4, -0.2) is 28.2 Å². The van der Waals surface area contributed by atoms with E-state index in [-0.39, 0.29) is 18.0 Å². The van der Waals surface area contributed by atoms with E-state index in [9.17, 15) is 14.4 Å². The number of carbonyl (C=O) groups excluding carboxylic acids is 2. The van der Waals surface area contributed by atoms with Crippen LogP contribution in [0.3, 0.4) is 0 Å². The minimum atomic E-state index is -0.633. The number of nitrogens with zero attached hydrogens (tertiary/aromatic N) is 2. The molecule has 1 radical (unpaired) electrons. The number of aromatic nitrogens is 2. The Hall–Kier alpha value is -2.31. The predicted molar refractivity (Wildman–Crippen MR) is 79.9 cm³/mol. The summed E-state index contributed by atoms with van der Waals surface area (Å²) >= 11 is 0. The second-order valence-electron chi connectivity index (χ2n) is 5.18. The van der Waals surface area contributed by atoms with Gasteiger partial charge in [0.25, 0.3) is 0 Å². The number of imide groups is 1. The number of amides is 2. The van der Waals surface area contributed by atoms with Gasteiger partial charge in [0.1, 0.15) is 6.04 Å². The van der Waals surface area contributed by atoms with Crippen molar-refractivity contribution >= 4 is 35.6 Å². The van der Waals surface area contributed by atoms with Gasteiger partial charge in [-0.3, -0.25) is 24.0 Å². The van der Waals surface area contributed by atoms with Gasteiger partial charge in [0.2, 0.25) is 11.8 Å². The monoisotopic (exact) mass is 284 g/mol. The second-order valence-corrected chi connectivity index (χ2v) is 5.18. The van der Waals surface area contributed by atoms with E-state index in [0.717, 1.165) is 11.0 Å². The molecular weight excluding hydrogens is 269 g/mol. The highest BCUT2D eigenvalue weighted by Gasteiger charge is 2.31. The number of fused-ring (bicyclic) bond motifs is 1. The third kappa shape index (κ3) is 2.00. The highest BCUT2D eigenvalue weighted by Crippen LogP contribution is 2.21. The standard InChI is InChI=1S/C14H15BN3O3/c1-15-8-4-3-5-9-12(8)17(2)14(21)18(9)10-6-7-11(19)16-13(10)20/h3-5,10H,6-7H2,1-2H3,(H,16,19,20). The number of nitrogens with one attached hydrogen (secondary N) is 1. The summed E-state index contributed by atoms with van der Waals surface area (Å²) in [6.45, 7) is 1.91. The van der Waals surface area contributed by atoms with Gasteiger partial charge >= 0.3 is 5.69 Å². The quantitative estimate of drug-likeness (QED) is 0.607. The molecule has 1 N–H and O–H groups in total. The molecule has 0 spiro atoms. The first kappa shape index (κ1) is 13.7. The van der Waals surface area contributed by atoms with Crippen LogP contribution in [-0.2, 0) is 16.6 Å². The summed E-state index contributed by atoms with van der Waals surface area (Å²) in [6, 6.07) is 4.98. The number of piperidine rings is 1. The number of hydrogen-bond acceptors (Lipinski definition) is 3. The van der Waals surface area contributed by atoms with E-state index in [0.29, 0.717) is 11.9 Å². The first-order valence-corrected chi connectivity index (χ1v) is 6.87. The van der Waals surface area contributed by atoms with Crippen LogP contribution >= 0.6 is 0 Å². The molecule has 1 unspecified atom stereocenters. The molecule has 21 heavy (non-hydrogen) atoms. The normalized spacial score (nSPS) is 18.9. The van der Waals surface area contributed by atoms with Crippen molar-refractivity contribution in [3.63, 3.8) is 0 Å². The molecule has 2 amide bonds. The molecule has 2 heterocycles. The Balaban J connectivity index is 2.24. The van der Waals surface area contributed by atoms with Crippen LogP contribution in [0.15, 0.2) is 23.0 Å². The Labute approximate surface area is 122 Å². The van der Waals surface area contributed by atoms with Crippen LogP contribution in [0.5, 0.6) is 0 Å². The maximum atomic E-state index is 12.5. The fourth-order valence-electron chi connectivity index (χ4n) is 2.93. The Morgan fingerprint density at radius 1 is 1.29 bits per heavy atom. The number of carbonyl (C=O) groups is 2. The third-order valence-corrected chi connectivity index (χ3v) is 3.97. The summed E-state index contributed by atoms with van der Waals surface area (Å²) in [5.41, 5.74) is 2.22. The van der Waals surface area contributed by atoms with Gasteiger partial charge < -0.3 is 0 Å². The molecule has 1 aromatic carbocycles. The lowest BCUT2D eigenvalue weighted by atomic mass is 9.72. The van der Waals surface area contributed by atoms with Crippen LogP contribution in [0.1, 0.15) is 18.9 Å². The van der Waals surface area contributed by atoms with E-state index in [1.165, 1.54) is 4.57 Å². The van der Waals surface area contributed by atoms with E-state index < -0.39 is 11.9 Å². The Morgan fingerprint density at radius 2 is 2.05 bits per heavy atom. The Morgan fingerprint density at radius 3 is 2.71 bits per heavy atom. The molecule has 1 aliphatic heterocycles. The summed E-state index contributed by atoms with van der Waals surface area (Å²) in [5.74, 6) is -0.696. The van der Waals surface area contributed by atoms with Gasteiger partial charge in [-0.25, -0.2) is 4.79 Å². The van der Waals surface area contributed by atoms with Crippen LogP contribution in [0, 0.1) is 0 Å². The van der Waals surface area contributed by atoms with Gasteiger partial charge in [-0.15, -0.1) is 0 Å². The minimum Gasteiger partial charge on any atom is -0.296 e. The fraction of sp³-hybridized carbons (Fsp3) is 0.357. The van der Waals surface area contributed by atoms with Crippen molar-refractivity contribution in [2.24, 2.45) is 7.05 Å². The van der Waals surface area contributed by atoms with Crippen molar-refractivity contribution in [1.82, 2.24) is 14.5 Å². The lowest BCUT2D eigenvalue weighted by molar-refractivity contribution is -0.135. The van der Waals surface area contributed by atoms with Crippen molar-refractivity contribution in [2.75, 3.05) is 0 Å². The highest BCUT2D eigenvalue weighted by atomic mass is 16.2. The SMILES string of the molecule is C[B]c1cccc2c1n(C)c(=O)n2C1CCC(=O)NC1=O. The van der Waals surface area contributed by atoms with Gasteiger partial charge in [0, 0.05) is 13.5 Å². The molecule has 1 aromatic heterocycles. The predicted octanol–water partition coefficient (Wildman–Crippen LogP) is -0.305. The number of aryl methyl sites for hydroxylation is 1. The van der Waals surface area contributed by atoms with Crippen LogP contribution in [0.2, 0.25) is 6.82 Å². The van der Waals surface area contributed by atoms with Crippen LogP contribution in [0.4, 0.5) is 0 Å². The molecule has 2 aromatic rings. The van der Waals surface area contributed by atoms with Crippen molar-refractivity contribution in [3.05, 3.63) is 28.7 Å². The van der Waals surface area contributed by atoms with Crippen molar-refractivity contribution < 1.29 is 9.59 Å². The van der Waals surface area contributed by atoms with Gasteiger partial charge in [-0.2, -0.15) is 0 Å². The zero-order chi connectivity index (χ0) is 15.1. The largest absolute Gasteiger partial charge is 0.329 e. The van der Waals surface area contributed by atoms with Crippen molar-refractivity contribution in [2.45, 2.75) is 25.7 Å². The molecule has 7 heteroatoms. The average molecular weight is 284 g/mol. The van der Waals surface area contributed by atoms with E-state index in [1.807, 2.05) is 32.3 Å². The van der Waals surface area contributed by atoms with Crippen LogP contribution < -0.4 is 16.5 Å². The molecule has 0 bridgehead atoms. The molecule has 3 rings (SSSR count). The Kier molecular flexibility index (Phi) is 3.20. The number of hydrogen-bond donors (Lipinski definition) is 1. The van der Waals surface area contributed by atoms with E-state index in [4.69, 9.17) is 0 Å². The molecule has 1 saturated heterocycles. The summed E-state index contributed by atoms with van der Waals surface area (Å²) in [5, 5.41) is 2.30. The zero-order valence-electron chi connectivity index (χ0n) is 11.9. The third-order valence-electron chi connectivity index (χ3n) is 3.97. The van der Waals surface area contributed by atoms with E-state index in [2.05, 4.69) is 5.32 Å². The molecule has 6 nitrogen and oxygen atoms in total. The molecule has 1 aliphatic rings. The van der Waals surface area contributed by atoms with Crippen molar-refractivity contribution in [3.8, 4) is 0 Å². The smallest absolute Gasteiger partial charge is 0.296 e. The maximum Gasteiger partial charge on any atom is 0.329 e. The first-order valence-electron chi connectivity index (χ1n) is 6.87. The summed E-state index contributed by atoms with van der Waals surface area (Å²) < 4.78 is 3.04. The van der Waals surface area contributed by atoms with Crippen molar-refractivity contribution in [1.29, 1.82) is 0 Å². The molecule has 107 valence electrons. The number of imidazole rings is 1. The van der Waals surface area contributed by atoms with Gasteiger partial charge in [0.05, 0.1) is 11.0 Å². The maximum absolute atomic E-state index is 12.5. The lowest BCUT2D eigenvalue weighted by Gasteiger charge is -2.21. The summed E-state index contributed by atoms with van der Waals surface area (Å²) in [4.78, 5) is 35.9. The number of para-hydroxylation sites is 1. The molecule has 0 aliphatic carbocycles. The topological polar surface area (TPSA) is 73.1 Å². The number of benzene rings is 1. The van der Waals surface area contributed by atoms with E-state index >= 15 is 0 Å². The highest BCUT2D eigenvalue weighted by molar-refractivity contribution is 6.55.